The molecule has 0 spiro atoms. The first kappa shape index (κ1) is 16.7. The van der Waals surface area contributed by atoms with Crippen LogP contribution in [0.15, 0.2) is 24.3 Å². The zero-order valence-corrected chi connectivity index (χ0v) is 14.5. The smallest absolute Gasteiger partial charge is 0.119 e. The van der Waals surface area contributed by atoms with Crippen molar-refractivity contribution < 1.29 is 9.47 Å². The summed E-state index contributed by atoms with van der Waals surface area (Å²) in [5.74, 6) is 1.79. The molecule has 0 unspecified atom stereocenters. The van der Waals surface area contributed by atoms with E-state index in [1.54, 1.807) is 7.11 Å². The minimum absolute atomic E-state index is 0.610. The monoisotopic (exact) mass is 318 g/mol. The number of benzene rings is 1. The molecule has 0 saturated carbocycles. The molecule has 1 aromatic carbocycles. The van der Waals surface area contributed by atoms with Gasteiger partial charge in [0.15, 0.2) is 0 Å². The highest BCUT2D eigenvalue weighted by Gasteiger charge is 2.33. The molecule has 23 heavy (non-hydrogen) atoms. The van der Waals surface area contributed by atoms with Crippen molar-refractivity contribution in [2.24, 2.45) is 5.92 Å². The van der Waals surface area contributed by atoms with Crippen LogP contribution in [-0.2, 0) is 11.3 Å². The van der Waals surface area contributed by atoms with E-state index in [0.717, 1.165) is 24.3 Å². The molecular weight excluding hydrogens is 288 g/mol. The van der Waals surface area contributed by atoms with Crippen LogP contribution < -0.4 is 4.74 Å². The number of rotatable bonds is 6. The third-order valence-corrected chi connectivity index (χ3v) is 5.32. The van der Waals surface area contributed by atoms with Crippen LogP contribution in [-0.4, -0.2) is 62.8 Å². The van der Waals surface area contributed by atoms with Gasteiger partial charge in [0.05, 0.1) is 6.61 Å². The van der Waals surface area contributed by atoms with Gasteiger partial charge in [0.2, 0.25) is 0 Å². The topological polar surface area (TPSA) is 24.9 Å². The number of methoxy groups -OCH3 is 1. The zero-order chi connectivity index (χ0) is 16.1. The van der Waals surface area contributed by atoms with Gasteiger partial charge in [0.1, 0.15) is 12.4 Å². The Morgan fingerprint density at radius 3 is 2.70 bits per heavy atom. The minimum Gasteiger partial charge on any atom is -0.491 e. The van der Waals surface area contributed by atoms with Crippen molar-refractivity contribution in [1.82, 2.24) is 9.80 Å². The number of piperidine rings is 2. The lowest BCUT2D eigenvalue weighted by Crippen LogP contribution is -2.52. The molecule has 2 atom stereocenters. The van der Waals surface area contributed by atoms with Crippen LogP contribution >= 0.6 is 0 Å². The van der Waals surface area contributed by atoms with Crippen molar-refractivity contribution >= 4 is 0 Å². The molecule has 0 aliphatic carbocycles. The molecule has 4 nitrogen and oxygen atoms in total. The molecule has 128 valence electrons. The number of likely N-dealkylation sites (tertiary alicyclic amines) is 2. The highest BCUT2D eigenvalue weighted by Crippen LogP contribution is 2.30. The van der Waals surface area contributed by atoms with Crippen molar-refractivity contribution in [2.45, 2.75) is 31.8 Å². The van der Waals surface area contributed by atoms with Crippen molar-refractivity contribution in [1.29, 1.82) is 0 Å². The van der Waals surface area contributed by atoms with Gasteiger partial charge >= 0.3 is 0 Å². The van der Waals surface area contributed by atoms with E-state index < -0.39 is 0 Å². The van der Waals surface area contributed by atoms with E-state index in [0.29, 0.717) is 13.2 Å². The van der Waals surface area contributed by atoms with Gasteiger partial charge in [0, 0.05) is 26.2 Å². The first-order valence-corrected chi connectivity index (χ1v) is 8.89. The fraction of sp³-hybridized carbons (Fsp3) is 0.684. The van der Waals surface area contributed by atoms with Crippen LogP contribution in [0.2, 0.25) is 0 Å². The lowest BCUT2D eigenvalue weighted by molar-refractivity contribution is 0.0355. The minimum atomic E-state index is 0.610. The highest BCUT2D eigenvalue weighted by atomic mass is 16.5. The Bertz CT molecular complexity index is 477. The van der Waals surface area contributed by atoms with Gasteiger partial charge in [-0.3, -0.25) is 4.90 Å². The molecule has 2 aliphatic heterocycles. The molecule has 2 aliphatic rings. The lowest BCUT2D eigenvalue weighted by atomic mass is 9.84. The number of nitrogens with zero attached hydrogens (tertiary/aromatic N) is 2. The first-order chi connectivity index (χ1) is 11.3. The van der Waals surface area contributed by atoms with E-state index in [4.69, 9.17) is 9.47 Å². The standard InChI is InChI=1S/C19H30N2O2/c1-20-10-3-4-17-15-21(11-9-19(17)20)14-16-5-7-18(8-6-16)23-13-12-22-2/h5-8,17,19H,3-4,9-15H2,1-2H3/t17-,19-/m1/s1. The van der Waals surface area contributed by atoms with Gasteiger partial charge in [0.25, 0.3) is 0 Å². The van der Waals surface area contributed by atoms with E-state index in [2.05, 4.69) is 41.1 Å². The van der Waals surface area contributed by atoms with Crippen LogP contribution in [0.25, 0.3) is 0 Å². The van der Waals surface area contributed by atoms with E-state index in [1.165, 1.54) is 44.5 Å². The largest absolute Gasteiger partial charge is 0.491 e. The Balaban J connectivity index is 1.49. The second-order valence-corrected chi connectivity index (χ2v) is 6.96. The van der Waals surface area contributed by atoms with E-state index in [-0.39, 0.29) is 0 Å². The van der Waals surface area contributed by atoms with Gasteiger partial charge in [-0.1, -0.05) is 12.1 Å². The fourth-order valence-corrected chi connectivity index (χ4v) is 4.06. The number of hydrogen-bond donors (Lipinski definition) is 0. The maximum absolute atomic E-state index is 5.63. The van der Waals surface area contributed by atoms with Crippen molar-refractivity contribution in [3.63, 3.8) is 0 Å². The van der Waals surface area contributed by atoms with Crippen LogP contribution in [0, 0.1) is 5.92 Å². The van der Waals surface area contributed by atoms with Gasteiger partial charge in [-0.15, -0.1) is 0 Å². The molecule has 0 radical (unpaired) electrons. The third kappa shape index (κ3) is 4.46. The Morgan fingerprint density at radius 2 is 1.91 bits per heavy atom. The predicted molar refractivity (Wildman–Crippen MR) is 92.8 cm³/mol. The van der Waals surface area contributed by atoms with Crippen molar-refractivity contribution in [3.05, 3.63) is 29.8 Å². The summed E-state index contributed by atoms with van der Waals surface area (Å²) in [4.78, 5) is 5.21. The summed E-state index contributed by atoms with van der Waals surface area (Å²) < 4.78 is 10.6. The summed E-state index contributed by atoms with van der Waals surface area (Å²) >= 11 is 0. The zero-order valence-electron chi connectivity index (χ0n) is 14.5. The summed E-state index contributed by atoms with van der Waals surface area (Å²) in [5, 5.41) is 0. The summed E-state index contributed by atoms with van der Waals surface area (Å²) in [5.41, 5.74) is 1.38. The van der Waals surface area contributed by atoms with Gasteiger partial charge in [-0.25, -0.2) is 0 Å². The number of hydrogen-bond acceptors (Lipinski definition) is 4. The second kappa shape index (κ2) is 8.13. The second-order valence-electron chi connectivity index (χ2n) is 6.96. The number of fused-ring (bicyclic) bond motifs is 1. The molecule has 0 bridgehead atoms. The van der Waals surface area contributed by atoms with Crippen LogP contribution in [0.5, 0.6) is 5.75 Å². The third-order valence-electron chi connectivity index (χ3n) is 5.32. The number of ether oxygens (including phenoxy) is 2. The Hall–Kier alpha value is -1.10. The van der Waals surface area contributed by atoms with E-state index in [9.17, 15) is 0 Å². The summed E-state index contributed by atoms with van der Waals surface area (Å²) in [6, 6.07) is 9.36. The molecule has 2 heterocycles. The molecule has 3 rings (SSSR count). The molecule has 4 heteroatoms. The van der Waals surface area contributed by atoms with Gasteiger partial charge < -0.3 is 14.4 Å². The molecule has 2 fully saturated rings. The van der Waals surface area contributed by atoms with Crippen LogP contribution in [0.3, 0.4) is 0 Å². The summed E-state index contributed by atoms with van der Waals surface area (Å²) in [7, 11) is 3.99. The highest BCUT2D eigenvalue weighted by molar-refractivity contribution is 5.27. The maximum Gasteiger partial charge on any atom is 0.119 e. The quantitative estimate of drug-likeness (QED) is 0.753. The maximum atomic E-state index is 5.63. The molecule has 0 aromatic heterocycles. The lowest BCUT2D eigenvalue weighted by Gasteiger charge is -2.46. The molecule has 0 amide bonds. The molecule has 1 aromatic rings. The Labute approximate surface area is 140 Å². The van der Waals surface area contributed by atoms with Crippen molar-refractivity contribution in [2.75, 3.05) is 47.0 Å². The molecule has 0 N–H and O–H groups in total. The van der Waals surface area contributed by atoms with E-state index in [1.807, 2.05) is 0 Å². The summed E-state index contributed by atoms with van der Waals surface area (Å²) in [6.45, 7) is 6.06. The predicted octanol–water partition coefficient (Wildman–Crippen LogP) is 2.63. The average molecular weight is 318 g/mol. The van der Waals surface area contributed by atoms with Crippen LogP contribution in [0.4, 0.5) is 0 Å². The Morgan fingerprint density at radius 1 is 1.09 bits per heavy atom. The fourth-order valence-electron chi connectivity index (χ4n) is 4.06. The first-order valence-electron chi connectivity index (χ1n) is 8.89. The Kier molecular flexibility index (Phi) is 5.92. The normalized spacial score (nSPS) is 26.0. The summed E-state index contributed by atoms with van der Waals surface area (Å²) in [6.07, 6.45) is 4.08. The molecular formula is C19H30N2O2. The van der Waals surface area contributed by atoms with E-state index >= 15 is 0 Å². The molecule has 2 saturated heterocycles. The average Bonchev–Trinajstić information content (AvgIpc) is 2.57. The SMILES string of the molecule is COCCOc1ccc(CN2CC[C@@H]3[C@H](CCCN3C)C2)cc1. The van der Waals surface area contributed by atoms with Crippen molar-refractivity contribution in [3.8, 4) is 5.75 Å². The van der Waals surface area contributed by atoms with Gasteiger partial charge in [-0.2, -0.15) is 0 Å². The van der Waals surface area contributed by atoms with Crippen LogP contribution in [0.1, 0.15) is 24.8 Å². The van der Waals surface area contributed by atoms with Gasteiger partial charge in [-0.05, 0) is 63.0 Å².